The minimum Gasteiger partial charge on any atom is -0.379 e. The van der Waals surface area contributed by atoms with Gasteiger partial charge in [0.25, 0.3) is 5.78 Å². The highest BCUT2D eigenvalue weighted by Crippen LogP contribution is 2.29. The molecule has 4 aromatic rings. The molecule has 9 nitrogen and oxygen atoms in total. The molecule has 2 saturated heterocycles. The second-order valence-corrected chi connectivity index (χ2v) is 10.3. The van der Waals surface area contributed by atoms with Crippen molar-refractivity contribution >= 4 is 11.5 Å². The largest absolute Gasteiger partial charge is 0.379 e. The van der Waals surface area contributed by atoms with Gasteiger partial charge < -0.3 is 9.64 Å². The van der Waals surface area contributed by atoms with Crippen LogP contribution in [0.25, 0.3) is 17.0 Å². The van der Waals surface area contributed by atoms with Crippen molar-refractivity contribution in [3.8, 4) is 11.3 Å². The van der Waals surface area contributed by atoms with Gasteiger partial charge in [0.05, 0.1) is 24.6 Å². The maximum Gasteiger partial charge on any atom is 0.252 e. The fourth-order valence-corrected chi connectivity index (χ4v) is 5.56. The maximum atomic E-state index is 5.43. The number of rotatable bonds is 6. The monoisotopic (exact) mass is 498 g/mol. The molecule has 1 aromatic carbocycles. The summed E-state index contributed by atoms with van der Waals surface area (Å²) in [4.78, 5) is 14.0. The summed E-state index contributed by atoms with van der Waals surface area (Å²) in [7, 11) is 0. The van der Waals surface area contributed by atoms with Gasteiger partial charge in [0.2, 0.25) is 0 Å². The molecule has 0 bridgehead atoms. The van der Waals surface area contributed by atoms with Crippen LogP contribution in [0.3, 0.4) is 0 Å². The zero-order valence-electron chi connectivity index (χ0n) is 21.9. The van der Waals surface area contributed by atoms with Gasteiger partial charge in [-0.15, -0.1) is 0 Å². The van der Waals surface area contributed by atoms with Gasteiger partial charge in [-0.05, 0) is 69.4 Å². The summed E-state index contributed by atoms with van der Waals surface area (Å²) in [6.45, 7) is 12.6. The van der Waals surface area contributed by atoms with Crippen molar-refractivity contribution in [1.29, 1.82) is 0 Å². The van der Waals surface area contributed by atoms with Gasteiger partial charge in [0.1, 0.15) is 5.82 Å². The van der Waals surface area contributed by atoms with E-state index in [0.29, 0.717) is 11.7 Å². The van der Waals surface area contributed by atoms with Crippen LogP contribution in [0.5, 0.6) is 0 Å². The SMILES string of the molecule is Cc1nc2nc(C)c(CC3CCN(c4ccc(-c5ccc(CN6CCOCC6)nn5)cc4)C3)c(C)n2n1. The van der Waals surface area contributed by atoms with Gasteiger partial charge >= 0.3 is 0 Å². The average molecular weight is 499 g/mol. The van der Waals surface area contributed by atoms with Crippen LogP contribution in [-0.2, 0) is 17.7 Å². The highest BCUT2D eigenvalue weighted by atomic mass is 16.5. The van der Waals surface area contributed by atoms with Gasteiger partial charge in [0, 0.05) is 55.4 Å². The second kappa shape index (κ2) is 10.1. The van der Waals surface area contributed by atoms with Crippen molar-refractivity contribution in [3.05, 3.63) is 64.9 Å². The van der Waals surface area contributed by atoms with Crippen molar-refractivity contribution < 1.29 is 4.74 Å². The summed E-state index contributed by atoms with van der Waals surface area (Å²) in [6.07, 6.45) is 2.19. The summed E-state index contributed by atoms with van der Waals surface area (Å²) < 4.78 is 7.32. The van der Waals surface area contributed by atoms with Crippen molar-refractivity contribution in [2.24, 2.45) is 5.92 Å². The molecule has 2 aliphatic rings. The van der Waals surface area contributed by atoms with Crippen molar-refractivity contribution in [2.75, 3.05) is 44.3 Å². The molecule has 6 rings (SSSR count). The number of aromatic nitrogens is 6. The Kier molecular flexibility index (Phi) is 6.56. The molecule has 0 N–H and O–H groups in total. The Hall–Kier alpha value is -3.43. The molecule has 0 saturated carbocycles. The van der Waals surface area contributed by atoms with E-state index in [2.05, 4.69) is 80.3 Å². The first-order valence-electron chi connectivity index (χ1n) is 13.2. The lowest BCUT2D eigenvalue weighted by Gasteiger charge is -2.25. The van der Waals surface area contributed by atoms with E-state index in [4.69, 9.17) is 9.72 Å². The van der Waals surface area contributed by atoms with E-state index in [0.717, 1.165) is 86.5 Å². The van der Waals surface area contributed by atoms with E-state index in [1.54, 1.807) is 0 Å². The Morgan fingerprint density at radius 1 is 0.919 bits per heavy atom. The molecule has 192 valence electrons. The number of nitrogens with zero attached hydrogens (tertiary/aromatic N) is 8. The third-order valence-corrected chi connectivity index (χ3v) is 7.67. The van der Waals surface area contributed by atoms with Crippen LogP contribution < -0.4 is 4.90 Å². The standard InChI is InChI=1S/C28H34N8O/c1-19-26(20(2)36-28(29-19)30-21(3)33-36)16-22-10-11-35(17-22)25-7-4-23(5-8-25)27-9-6-24(31-32-27)18-34-12-14-37-15-13-34/h4-9,22H,10-18H2,1-3H3. The fraction of sp³-hybridized carbons (Fsp3) is 0.464. The van der Waals surface area contributed by atoms with Crippen LogP contribution in [0.2, 0.25) is 0 Å². The lowest BCUT2D eigenvalue weighted by Crippen LogP contribution is -2.35. The van der Waals surface area contributed by atoms with E-state index >= 15 is 0 Å². The first kappa shape index (κ1) is 23.9. The zero-order valence-corrected chi connectivity index (χ0v) is 21.9. The summed E-state index contributed by atoms with van der Waals surface area (Å²) in [6, 6.07) is 12.9. The summed E-state index contributed by atoms with van der Waals surface area (Å²) in [5, 5.41) is 13.5. The fourth-order valence-electron chi connectivity index (χ4n) is 5.56. The van der Waals surface area contributed by atoms with Crippen LogP contribution in [0.1, 0.15) is 34.9 Å². The molecule has 37 heavy (non-hydrogen) atoms. The molecule has 0 spiro atoms. The topological polar surface area (TPSA) is 84.6 Å². The van der Waals surface area contributed by atoms with Crippen LogP contribution in [0, 0.1) is 26.7 Å². The predicted molar refractivity (Wildman–Crippen MR) is 143 cm³/mol. The van der Waals surface area contributed by atoms with E-state index in [-0.39, 0.29) is 0 Å². The van der Waals surface area contributed by atoms with Crippen molar-refractivity contribution in [3.63, 3.8) is 0 Å². The minimum atomic E-state index is 0.589. The molecule has 0 amide bonds. The van der Waals surface area contributed by atoms with Crippen LogP contribution in [0.15, 0.2) is 36.4 Å². The molecular formula is C28H34N8O. The van der Waals surface area contributed by atoms with E-state index < -0.39 is 0 Å². The van der Waals surface area contributed by atoms with E-state index in [1.807, 2.05) is 11.4 Å². The molecule has 1 unspecified atom stereocenters. The van der Waals surface area contributed by atoms with Crippen molar-refractivity contribution in [1.82, 2.24) is 34.7 Å². The van der Waals surface area contributed by atoms with Crippen LogP contribution in [-0.4, -0.2) is 74.1 Å². The van der Waals surface area contributed by atoms with E-state index in [1.165, 1.54) is 17.7 Å². The molecule has 9 heteroatoms. The Balaban J connectivity index is 1.09. The Labute approximate surface area is 217 Å². The quantitative estimate of drug-likeness (QED) is 0.400. The predicted octanol–water partition coefficient (Wildman–Crippen LogP) is 3.41. The third-order valence-electron chi connectivity index (χ3n) is 7.67. The minimum absolute atomic E-state index is 0.589. The smallest absolute Gasteiger partial charge is 0.252 e. The van der Waals surface area contributed by atoms with Crippen molar-refractivity contribution in [2.45, 2.75) is 40.2 Å². The molecule has 2 aliphatic heterocycles. The number of hydrogen-bond acceptors (Lipinski definition) is 8. The number of aryl methyl sites for hydroxylation is 3. The molecule has 2 fully saturated rings. The number of ether oxygens (including phenoxy) is 1. The molecule has 0 radical (unpaired) electrons. The summed E-state index contributed by atoms with van der Waals surface area (Å²) in [5.74, 6) is 2.05. The second-order valence-electron chi connectivity index (χ2n) is 10.3. The lowest BCUT2D eigenvalue weighted by atomic mass is 9.96. The van der Waals surface area contributed by atoms with Gasteiger partial charge in [-0.25, -0.2) is 9.50 Å². The van der Waals surface area contributed by atoms with Gasteiger partial charge in [0.15, 0.2) is 0 Å². The molecule has 0 aliphatic carbocycles. The summed E-state index contributed by atoms with van der Waals surface area (Å²) in [5.41, 5.74) is 7.80. The third kappa shape index (κ3) is 5.06. The van der Waals surface area contributed by atoms with Gasteiger partial charge in [-0.3, -0.25) is 4.90 Å². The maximum absolute atomic E-state index is 5.43. The molecule has 5 heterocycles. The number of hydrogen-bond donors (Lipinski definition) is 0. The lowest BCUT2D eigenvalue weighted by molar-refractivity contribution is 0.0335. The Bertz CT molecular complexity index is 1380. The zero-order chi connectivity index (χ0) is 25.4. The van der Waals surface area contributed by atoms with Crippen LogP contribution >= 0.6 is 0 Å². The first-order chi connectivity index (χ1) is 18.0. The molecule has 1 atom stereocenters. The molecular weight excluding hydrogens is 464 g/mol. The first-order valence-corrected chi connectivity index (χ1v) is 13.2. The van der Waals surface area contributed by atoms with E-state index in [9.17, 15) is 0 Å². The van der Waals surface area contributed by atoms with Gasteiger partial charge in [-0.2, -0.15) is 20.3 Å². The average Bonchev–Trinajstić information content (AvgIpc) is 3.54. The highest BCUT2D eigenvalue weighted by Gasteiger charge is 2.25. The number of fused-ring (bicyclic) bond motifs is 1. The normalized spacial score (nSPS) is 18.7. The molecule has 3 aromatic heterocycles. The number of benzene rings is 1. The van der Waals surface area contributed by atoms with Crippen LogP contribution in [0.4, 0.5) is 5.69 Å². The number of anilines is 1. The Morgan fingerprint density at radius 3 is 2.49 bits per heavy atom. The van der Waals surface area contributed by atoms with Gasteiger partial charge in [-0.1, -0.05) is 12.1 Å². The summed E-state index contributed by atoms with van der Waals surface area (Å²) >= 11 is 0. The Morgan fingerprint density at radius 2 is 1.73 bits per heavy atom. The highest BCUT2D eigenvalue weighted by molar-refractivity contribution is 5.63. The number of morpholine rings is 1.